The van der Waals surface area contributed by atoms with Crippen LogP contribution in [-0.4, -0.2) is 22.7 Å². The van der Waals surface area contributed by atoms with Gasteiger partial charge >= 0.3 is 0 Å². The molecule has 0 fully saturated rings. The molecule has 0 spiro atoms. The minimum atomic E-state index is -0.557. The van der Waals surface area contributed by atoms with E-state index in [4.69, 9.17) is 0 Å². The van der Waals surface area contributed by atoms with Gasteiger partial charge in [0.2, 0.25) is 0 Å². The average molecular weight is 526 g/mol. The Kier molecular flexibility index (Phi) is 32.0. The van der Waals surface area contributed by atoms with Crippen molar-refractivity contribution >= 4 is 0 Å². The van der Waals surface area contributed by atoms with Gasteiger partial charge in [-0.25, -0.2) is 0 Å². The molecule has 0 aliphatic heterocycles. The van der Waals surface area contributed by atoms with E-state index in [0.717, 1.165) is 25.7 Å². The number of hydrogen-bond acceptors (Lipinski definition) is 3. The summed E-state index contributed by atoms with van der Waals surface area (Å²) in [4.78, 5) is 0. The molecule has 0 amide bonds. The van der Waals surface area contributed by atoms with Crippen molar-refractivity contribution in [2.75, 3.05) is 0 Å². The van der Waals surface area contributed by atoms with Crippen LogP contribution in [0.4, 0.5) is 0 Å². The summed E-state index contributed by atoms with van der Waals surface area (Å²) in [6, 6.07) is 0. The van der Waals surface area contributed by atoms with Crippen molar-refractivity contribution in [3.63, 3.8) is 0 Å². The fourth-order valence-electron chi connectivity index (χ4n) is 5.45. The fraction of sp³-hybridized carbons (Fsp3) is 1.00. The van der Waals surface area contributed by atoms with Crippen molar-refractivity contribution in [3.05, 3.63) is 0 Å². The highest BCUT2D eigenvalue weighted by molar-refractivity contribution is 4.60. The molecular formula is C34H71NO2. The lowest BCUT2D eigenvalue weighted by Crippen LogP contribution is -2.38. The third kappa shape index (κ3) is 32.0. The lowest BCUT2D eigenvalue weighted by Gasteiger charge is -2.18. The molecule has 2 unspecified atom stereocenters. The number of hydrogen-bond donors (Lipinski definition) is 3. The average Bonchev–Trinajstić information content (AvgIpc) is 2.89. The molecule has 0 saturated carbocycles. The molecular weight excluding hydrogens is 454 g/mol. The minimum Gasteiger partial charge on any atom is -0.379 e. The van der Waals surface area contributed by atoms with Gasteiger partial charge in [0.05, 0.1) is 0 Å². The van der Waals surface area contributed by atoms with Crippen LogP contribution in [0.5, 0.6) is 0 Å². The zero-order chi connectivity index (χ0) is 27.1. The molecule has 0 heterocycles. The fourth-order valence-corrected chi connectivity index (χ4v) is 5.45. The van der Waals surface area contributed by atoms with Gasteiger partial charge in [0.1, 0.15) is 12.5 Å². The van der Waals surface area contributed by atoms with Crippen LogP contribution in [-0.2, 0) is 0 Å². The van der Waals surface area contributed by atoms with Gasteiger partial charge < -0.3 is 10.2 Å². The van der Waals surface area contributed by atoms with E-state index in [9.17, 15) is 10.2 Å². The lowest BCUT2D eigenvalue weighted by molar-refractivity contribution is 0.0310. The van der Waals surface area contributed by atoms with E-state index in [-0.39, 0.29) is 0 Å². The number of rotatable bonds is 32. The van der Waals surface area contributed by atoms with E-state index >= 15 is 0 Å². The highest BCUT2D eigenvalue weighted by Gasteiger charge is 2.09. The molecule has 0 aromatic carbocycles. The third-order valence-corrected chi connectivity index (χ3v) is 8.05. The molecule has 2 atom stereocenters. The van der Waals surface area contributed by atoms with Gasteiger partial charge in [-0.05, 0) is 25.7 Å². The van der Waals surface area contributed by atoms with Gasteiger partial charge in [0.25, 0.3) is 0 Å². The monoisotopic (exact) mass is 526 g/mol. The zero-order valence-corrected chi connectivity index (χ0v) is 25.8. The second-order valence-corrected chi connectivity index (χ2v) is 12.0. The first-order valence-corrected chi connectivity index (χ1v) is 17.3. The predicted octanol–water partition coefficient (Wildman–Crippen LogP) is 11.0. The van der Waals surface area contributed by atoms with Gasteiger partial charge in [-0.15, -0.1) is 0 Å². The van der Waals surface area contributed by atoms with Crippen LogP contribution in [0.25, 0.3) is 0 Å². The smallest absolute Gasteiger partial charge is 0.106 e. The van der Waals surface area contributed by atoms with Crippen molar-refractivity contribution in [3.8, 4) is 0 Å². The maximum atomic E-state index is 10.2. The summed E-state index contributed by atoms with van der Waals surface area (Å²) in [6.07, 6.45) is 38.3. The SMILES string of the molecule is CCCCCCCCCCCCCCCCC(O)NC(O)CCCCCCCCCCCCCCCC. The molecule has 0 saturated heterocycles. The third-order valence-electron chi connectivity index (χ3n) is 8.05. The van der Waals surface area contributed by atoms with Crippen LogP contribution in [0.15, 0.2) is 0 Å². The van der Waals surface area contributed by atoms with Crippen LogP contribution in [0.3, 0.4) is 0 Å². The summed E-state index contributed by atoms with van der Waals surface area (Å²) in [5.41, 5.74) is 0. The molecule has 3 heteroatoms. The number of nitrogens with one attached hydrogen (secondary N) is 1. The second-order valence-electron chi connectivity index (χ2n) is 12.0. The zero-order valence-electron chi connectivity index (χ0n) is 25.8. The van der Waals surface area contributed by atoms with Crippen molar-refractivity contribution in [2.24, 2.45) is 0 Å². The quantitative estimate of drug-likeness (QED) is 0.0604. The highest BCUT2D eigenvalue weighted by Crippen LogP contribution is 2.15. The maximum Gasteiger partial charge on any atom is 0.106 e. The first-order chi connectivity index (χ1) is 18.2. The molecule has 0 bridgehead atoms. The van der Waals surface area contributed by atoms with Gasteiger partial charge in [0, 0.05) is 0 Å². The van der Waals surface area contributed by atoms with Crippen LogP contribution >= 0.6 is 0 Å². The van der Waals surface area contributed by atoms with Gasteiger partial charge in [-0.2, -0.15) is 0 Å². The molecule has 0 aromatic rings. The van der Waals surface area contributed by atoms with Crippen molar-refractivity contribution < 1.29 is 10.2 Å². The van der Waals surface area contributed by atoms with Gasteiger partial charge in [0.15, 0.2) is 0 Å². The van der Waals surface area contributed by atoms with E-state index in [1.165, 1.54) is 167 Å². The van der Waals surface area contributed by atoms with Gasteiger partial charge in [-0.1, -0.05) is 181 Å². The first-order valence-electron chi connectivity index (χ1n) is 17.3. The summed E-state index contributed by atoms with van der Waals surface area (Å²) in [7, 11) is 0. The van der Waals surface area contributed by atoms with Crippen LogP contribution in [0.2, 0.25) is 0 Å². The maximum absolute atomic E-state index is 10.2. The molecule has 37 heavy (non-hydrogen) atoms. The van der Waals surface area contributed by atoms with Crippen molar-refractivity contribution in [1.29, 1.82) is 0 Å². The van der Waals surface area contributed by atoms with Crippen LogP contribution in [0, 0.1) is 0 Å². The standard InChI is InChI=1S/C34H71NO2/c1-3-5-7-9-11-13-15-17-19-21-23-25-27-29-31-33(36)35-34(37)32-30-28-26-24-22-20-18-16-14-12-10-8-6-4-2/h33-37H,3-32H2,1-2H3. The normalized spacial score (nSPS) is 13.3. The Balaban J connectivity index is 3.27. The molecule has 3 N–H and O–H groups in total. The molecule has 0 aliphatic rings. The molecule has 3 nitrogen and oxygen atoms in total. The molecule has 0 rings (SSSR count). The molecule has 0 radical (unpaired) electrons. The van der Waals surface area contributed by atoms with E-state index in [0.29, 0.717) is 0 Å². The van der Waals surface area contributed by atoms with E-state index in [1.807, 2.05) is 0 Å². The Morgan fingerprint density at radius 2 is 0.514 bits per heavy atom. The van der Waals surface area contributed by atoms with E-state index in [1.54, 1.807) is 0 Å². The summed E-state index contributed by atoms with van der Waals surface area (Å²) in [6.45, 7) is 4.57. The Bertz CT molecular complexity index is 367. The Hall–Kier alpha value is -0.120. The van der Waals surface area contributed by atoms with Gasteiger partial charge in [-0.3, -0.25) is 5.32 Å². The van der Waals surface area contributed by atoms with Crippen molar-refractivity contribution in [2.45, 2.75) is 219 Å². The molecule has 0 aliphatic carbocycles. The first kappa shape index (κ1) is 36.9. The Morgan fingerprint density at radius 3 is 0.730 bits per heavy atom. The van der Waals surface area contributed by atoms with Crippen LogP contribution < -0.4 is 5.32 Å². The summed E-state index contributed by atoms with van der Waals surface area (Å²) in [5, 5.41) is 23.3. The van der Waals surface area contributed by atoms with Crippen molar-refractivity contribution in [1.82, 2.24) is 5.32 Å². The number of aliphatic hydroxyl groups is 2. The summed E-state index contributed by atoms with van der Waals surface area (Å²) >= 11 is 0. The lowest BCUT2D eigenvalue weighted by atomic mass is 10.0. The highest BCUT2D eigenvalue weighted by atomic mass is 16.3. The molecule has 224 valence electrons. The van der Waals surface area contributed by atoms with Crippen LogP contribution in [0.1, 0.15) is 206 Å². The topological polar surface area (TPSA) is 52.5 Å². The largest absolute Gasteiger partial charge is 0.379 e. The Morgan fingerprint density at radius 1 is 0.324 bits per heavy atom. The minimum absolute atomic E-state index is 0.557. The predicted molar refractivity (Wildman–Crippen MR) is 165 cm³/mol. The Labute approximate surface area is 234 Å². The molecule has 0 aromatic heterocycles. The summed E-state index contributed by atoms with van der Waals surface area (Å²) < 4.78 is 0. The summed E-state index contributed by atoms with van der Waals surface area (Å²) in [5.74, 6) is 0. The number of unbranched alkanes of at least 4 members (excludes halogenated alkanes) is 26. The van der Waals surface area contributed by atoms with E-state index < -0.39 is 12.5 Å². The van der Waals surface area contributed by atoms with E-state index in [2.05, 4.69) is 19.2 Å². The second kappa shape index (κ2) is 32.1. The number of aliphatic hydroxyl groups excluding tert-OH is 2.